The van der Waals surface area contributed by atoms with Crippen molar-refractivity contribution in [3.8, 4) is 5.75 Å². The highest BCUT2D eigenvalue weighted by molar-refractivity contribution is 7.96. The second kappa shape index (κ2) is 8.78. The Bertz CT molecular complexity index is 1040. The zero-order valence-corrected chi connectivity index (χ0v) is 19.2. The van der Waals surface area contributed by atoms with Gasteiger partial charge in [0.2, 0.25) is 5.95 Å². The lowest BCUT2D eigenvalue weighted by Gasteiger charge is -2.22. The van der Waals surface area contributed by atoms with Crippen molar-refractivity contribution in [1.82, 2.24) is 18.8 Å². The summed E-state index contributed by atoms with van der Waals surface area (Å²) in [6, 6.07) is 1.55. The highest BCUT2D eigenvalue weighted by atomic mass is 32.2. The number of hydrogen-bond acceptors (Lipinski definition) is 7. The van der Waals surface area contributed by atoms with Gasteiger partial charge in [-0.05, 0) is 55.8 Å². The number of pyridine rings is 1. The summed E-state index contributed by atoms with van der Waals surface area (Å²) >= 11 is 1.81. The number of anilines is 1. The molecule has 3 fully saturated rings. The summed E-state index contributed by atoms with van der Waals surface area (Å²) in [5.74, 6) is 1.78. The first kappa shape index (κ1) is 21.9. The maximum Gasteiger partial charge on any atom is 0.387 e. The fourth-order valence-corrected chi connectivity index (χ4v) is 6.55. The van der Waals surface area contributed by atoms with Gasteiger partial charge in [-0.25, -0.2) is 4.98 Å². The minimum absolute atomic E-state index is 0.0858. The fourth-order valence-electron chi connectivity index (χ4n) is 5.87. The molecule has 2 aromatic heterocycles. The Morgan fingerprint density at radius 2 is 2.00 bits per heavy atom. The van der Waals surface area contributed by atoms with Gasteiger partial charge in [-0.3, -0.25) is 13.7 Å². The second-order valence-electron chi connectivity index (χ2n) is 9.37. The van der Waals surface area contributed by atoms with Crippen molar-refractivity contribution in [3.63, 3.8) is 0 Å². The van der Waals surface area contributed by atoms with Crippen LogP contribution in [0.4, 0.5) is 14.7 Å². The van der Waals surface area contributed by atoms with E-state index in [9.17, 15) is 13.6 Å². The first-order valence-electron chi connectivity index (χ1n) is 11.4. The third kappa shape index (κ3) is 4.07. The molecule has 2 saturated carbocycles. The highest BCUT2D eigenvalue weighted by Gasteiger charge is 2.41. The summed E-state index contributed by atoms with van der Waals surface area (Å²) in [6.45, 7) is 1.27. The van der Waals surface area contributed by atoms with Gasteiger partial charge in [-0.15, -0.1) is 0 Å². The average Bonchev–Trinajstić information content (AvgIpc) is 3.43. The number of aromatic nitrogens is 3. The van der Waals surface area contributed by atoms with Crippen LogP contribution in [0, 0.1) is 17.8 Å². The van der Waals surface area contributed by atoms with Crippen molar-refractivity contribution in [2.24, 2.45) is 17.8 Å². The van der Waals surface area contributed by atoms with E-state index in [1.165, 1.54) is 6.07 Å². The van der Waals surface area contributed by atoms with E-state index >= 15 is 0 Å². The topological polar surface area (TPSA) is 72.3 Å². The van der Waals surface area contributed by atoms with Crippen molar-refractivity contribution in [2.75, 3.05) is 24.7 Å². The monoisotopic (exact) mass is 465 g/mol. The van der Waals surface area contributed by atoms with Crippen LogP contribution in [0.5, 0.6) is 5.75 Å². The molecule has 0 radical (unpaired) electrons. The molecule has 0 spiro atoms. The molecule has 174 valence electrons. The van der Waals surface area contributed by atoms with Gasteiger partial charge in [-0.1, -0.05) is 25.3 Å². The lowest BCUT2D eigenvalue weighted by molar-refractivity contribution is -0.0510. The van der Waals surface area contributed by atoms with Crippen LogP contribution in [0.15, 0.2) is 17.1 Å². The number of fused-ring (bicyclic) bond motifs is 2. The molecule has 1 aliphatic heterocycles. The van der Waals surface area contributed by atoms with E-state index in [2.05, 4.69) is 32.5 Å². The van der Waals surface area contributed by atoms with Gasteiger partial charge in [-0.2, -0.15) is 13.8 Å². The van der Waals surface area contributed by atoms with Crippen molar-refractivity contribution in [2.45, 2.75) is 57.7 Å². The highest BCUT2D eigenvalue weighted by Crippen LogP contribution is 2.41. The molecule has 0 amide bonds. The molecule has 5 rings (SSSR count). The number of nitrogens with zero attached hydrogens (tertiary/aromatic N) is 4. The second-order valence-corrected chi connectivity index (χ2v) is 10.3. The summed E-state index contributed by atoms with van der Waals surface area (Å²) in [5, 5.41) is 4.01. The van der Waals surface area contributed by atoms with Crippen LogP contribution in [0.3, 0.4) is 0 Å². The Morgan fingerprint density at radius 1 is 1.25 bits per heavy atom. The molecule has 1 N–H and O–H groups in total. The number of nitrogens with one attached hydrogen (secondary N) is 1. The number of hydrogen-bond donors (Lipinski definition) is 1. The number of rotatable bonds is 6. The normalized spacial score (nSPS) is 30.3. The van der Waals surface area contributed by atoms with Crippen LogP contribution in [-0.2, 0) is 0 Å². The van der Waals surface area contributed by atoms with Gasteiger partial charge in [0, 0.05) is 36.8 Å². The Balaban J connectivity index is 1.46. The van der Waals surface area contributed by atoms with Gasteiger partial charge in [0.25, 0.3) is 5.56 Å². The Labute approximate surface area is 190 Å². The first-order chi connectivity index (χ1) is 15.4. The number of alkyl halides is 2. The standard InChI is InChI=1S/C22H29F2N5O2S/c1-12-4-3-5-17(12)29-19-13(8-18(20(29)30)31-21(23)24)9-25-22(27-19)26-16-6-14-10-28(32-2)11-15(14)7-16/h8-9,12,14-17,21H,3-7,10-11H2,1-2H3,(H,25,26,27). The molecule has 0 aromatic carbocycles. The lowest BCUT2D eigenvalue weighted by Crippen LogP contribution is -2.29. The summed E-state index contributed by atoms with van der Waals surface area (Å²) < 4.78 is 34.4. The van der Waals surface area contributed by atoms with Crippen LogP contribution in [0.25, 0.3) is 11.0 Å². The molecule has 0 bridgehead atoms. The molecule has 2 aliphatic carbocycles. The molecule has 32 heavy (non-hydrogen) atoms. The zero-order valence-electron chi connectivity index (χ0n) is 18.3. The molecule has 4 atom stereocenters. The van der Waals surface area contributed by atoms with Gasteiger partial charge < -0.3 is 10.1 Å². The van der Waals surface area contributed by atoms with Crippen LogP contribution in [-0.4, -0.2) is 50.8 Å². The smallest absolute Gasteiger partial charge is 0.387 e. The van der Waals surface area contributed by atoms with Crippen molar-refractivity contribution >= 4 is 28.9 Å². The zero-order chi connectivity index (χ0) is 22.4. The maximum atomic E-state index is 13.1. The minimum atomic E-state index is -3.06. The van der Waals surface area contributed by atoms with Gasteiger partial charge in [0.15, 0.2) is 5.75 Å². The third-order valence-corrected chi connectivity index (χ3v) is 8.23. The Morgan fingerprint density at radius 3 is 2.62 bits per heavy atom. The van der Waals surface area contributed by atoms with E-state index in [4.69, 9.17) is 4.98 Å². The average molecular weight is 466 g/mol. The quantitative estimate of drug-likeness (QED) is 0.643. The van der Waals surface area contributed by atoms with Gasteiger partial charge >= 0.3 is 6.61 Å². The van der Waals surface area contributed by atoms with Crippen LogP contribution in [0.1, 0.15) is 45.1 Å². The van der Waals surface area contributed by atoms with Crippen LogP contribution < -0.4 is 15.6 Å². The predicted molar refractivity (Wildman–Crippen MR) is 121 cm³/mol. The van der Waals surface area contributed by atoms with Crippen molar-refractivity contribution in [1.29, 1.82) is 0 Å². The van der Waals surface area contributed by atoms with Gasteiger partial charge in [0.1, 0.15) is 5.65 Å². The van der Waals surface area contributed by atoms with E-state index in [1.54, 1.807) is 10.8 Å². The van der Waals surface area contributed by atoms with Gasteiger partial charge in [0.05, 0.1) is 0 Å². The van der Waals surface area contributed by atoms with Crippen LogP contribution >= 0.6 is 11.9 Å². The molecule has 7 nitrogen and oxygen atoms in total. The largest absolute Gasteiger partial charge is 0.429 e. The summed E-state index contributed by atoms with van der Waals surface area (Å²) in [5.41, 5.74) is -0.0617. The first-order valence-corrected chi connectivity index (χ1v) is 12.5. The Kier molecular flexibility index (Phi) is 6.00. The number of halogens is 2. The van der Waals surface area contributed by atoms with Crippen LogP contribution in [0.2, 0.25) is 0 Å². The Hall–Kier alpha value is -1.94. The number of ether oxygens (including phenoxy) is 1. The van der Waals surface area contributed by atoms with E-state index in [0.29, 0.717) is 34.9 Å². The van der Waals surface area contributed by atoms with Crippen molar-refractivity contribution < 1.29 is 13.5 Å². The summed E-state index contributed by atoms with van der Waals surface area (Å²) in [4.78, 5) is 22.3. The fraction of sp³-hybridized carbons (Fsp3) is 0.682. The molecule has 2 aromatic rings. The van der Waals surface area contributed by atoms with Crippen molar-refractivity contribution in [3.05, 3.63) is 22.6 Å². The summed E-state index contributed by atoms with van der Waals surface area (Å²) in [6.07, 6.45) is 8.69. The molecule has 4 unspecified atom stereocenters. The van der Waals surface area contributed by atoms with E-state index < -0.39 is 12.2 Å². The molecule has 3 aliphatic rings. The summed E-state index contributed by atoms with van der Waals surface area (Å²) in [7, 11) is 0. The molecule has 10 heteroatoms. The lowest BCUT2D eigenvalue weighted by atomic mass is 10.0. The molecule has 3 heterocycles. The third-order valence-electron chi connectivity index (χ3n) is 7.41. The van der Waals surface area contributed by atoms with E-state index in [0.717, 1.165) is 45.2 Å². The van der Waals surface area contributed by atoms with E-state index in [-0.39, 0.29) is 17.7 Å². The van der Waals surface area contributed by atoms with E-state index in [1.807, 2.05) is 11.9 Å². The minimum Gasteiger partial charge on any atom is -0.429 e. The molecular weight excluding hydrogens is 436 g/mol. The SMILES string of the molecule is CSN1CC2CC(Nc3ncc4cc(OC(F)F)c(=O)n(C5CCCC5C)c4n3)CC2C1. The maximum absolute atomic E-state index is 13.1. The predicted octanol–water partition coefficient (Wildman–Crippen LogP) is 4.15. The molecular formula is C22H29F2N5O2S. The molecule has 1 saturated heterocycles.